The number of carbonyl (C=O) groups is 1. The van der Waals surface area contributed by atoms with E-state index < -0.39 is 10.9 Å². The molecule has 0 spiro atoms. The van der Waals surface area contributed by atoms with E-state index in [4.69, 9.17) is 9.84 Å². The lowest BCUT2D eigenvalue weighted by atomic mass is 10.2. The van der Waals surface area contributed by atoms with Crippen LogP contribution < -0.4 is 4.74 Å². The van der Waals surface area contributed by atoms with E-state index >= 15 is 0 Å². The fourth-order valence-electron chi connectivity index (χ4n) is 1.52. The lowest BCUT2D eigenvalue weighted by Gasteiger charge is -2.05. The number of aromatic carboxylic acids is 1. The summed E-state index contributed by atoms with van der Waals surface area (Å²) in [5.41, 5.74) is 0.00978. The number of carboxylic acids is 1. The standard InChI is InChI=1S/C13H10N2O5S/c1-20-11-7-6-10(15(18)19)12(14-11)21-9-4-2-8(3-5-9)13(16)17/h2-7H,1H3,(H,16,17). The molecule has 0 saturated heterocycles. The molecule has 7 nitrogen and oxygen atoms in total. The number of hydrogen-bond acceptors (Lipinski definition) is 6. The van der Waals surface area contributed by atoms with Crippen LogP contribution in [0.4, 0.5) is 5.69 Å². The molecule has 8 heteroatoms. The second-order valence-corrected chi connectivity index (χ2v) is 4.93. The fourth-order valence-corrected chi connectivity index (χ4v) is 2.40. The Labute approximate surface area is 123 Å². The summed E-state index contributed by atoms with van der Waals surface area (Å²) in [7, 11) is 1.42. The van der Waals surface area contributed by atoms with Crippen LogP contribution in [0.1, 0.15) is 10.4 Å². The van der Waals surface area contributed by atoms with Gasteiger partial charge in [0, 0.05) is 17.0 Å². The van der Waals surface area contributed by atoms with Gasteiger partial charge in [-0.15, -0.1) is 0 Å². The monoisotopic (exact) mass is 306 g/mol. The molecule has 0 radical (unpaired) electrons. The number of benzene rings is 1. The van der Waals surface area contributed by atoms with Gasteiger partial charge in [-0.25, -0.2) is 4.79 Å². The van der Waals surface area contributed by atoms with Crippen LogP contribution in [0.2, 0.25) is 0 Å². The number of hydrogen-bond donors (Lipinski definition) is 1. The van der Waals surface area contributed by atoms with Crippen molar-refractivity contribution < 1.29 is 19.6 Å². The largest absolute Gasteiger partial charge is 0.481 e. The minimum absolute atomic E-state index is 0.136. The Morgan fingerprint density at radius 3 is 2.48 bits per heavy atom. The van der Waals surface area contributed by atoms with Gasteiger partial charge < -0.3 is 9.84 Å². The van der Waals surface area contributed by atoms with Crippen LogP contribution in [-0.2, 0) is 0 Å². The van der Waals surface area contributed by atoms with Crippen LogP contribution in [0.3, 0.4) is 0 Å². The van der Waals surface area contributed by atoms with Crippen LogP contribution in [-0.4, -0.2) is 28.1 Å². The first kappa shape index (κ1) is 14.8. The average Bonchev–Trinajstić information content (AvgIpc) is 2.47. The van der Waals surface area contributed by atoms with Crippen molar-refractivity contribution in [3.8, 4) is 5.88 Å². The van der Waals surface area contributed by atoms with Crippen molar-refractivity contribution in [1.29, 1.82) is 0 Å². The minimum Gasteiger partial charge on any atom is -0.481 e. The maximum atomic E-state index is 11.0. The van der Waals surface area contributed by atoms with Gasteiger partial charge in [0.25, 0.3) is 0 Å². The summed E-state index contributed by atoms with van der Waals surface area (Å²) in [5.74, 6) is -0.762. The molecule has 0 bridgehead atoms. The van der Waals surface area contributed by atoms with E-state index in [2.05, 4.69) is 4.98 Å². The minimum atomic E-state index is -1.03. The number of carboxylic acid groups (broad SMARTS) is 1. The summed E-state index contributed by atoms with van der Waals surface area (Å²) in [6.07, 6.45) is 0. The predicted molar refractivity (Wildman–Crippen MR) is 75.0 cm³/mol. The van der Waals surface area contributed by atoms with E-state index in [1.165, 1.54) is 31.4 Å². The van der Waals surface area contributed by atoms with E-state index in [1.54, 1.807) is 12.1 Å². The normalized spacial score (nSPS) is 10.1. The molecule has 0 fully saturated rings. The van der Waals surface area contributed by atoms with Gasteiger partial charge in [0.05, 0.1) is 17.6 Å². The van der Waals surface area contributed by atoms with E-state index in [1.807, 2.05) is 0 Å². The lowest BCUT2D eigenvalue weighted by Crippen LogP contribution is -1.97. The van der Waals surface area contributed by atoms with E-state index in [9.17, 15) is 14.9 Å². The number of methoxy groups -OCH3 is 1. The lowest BCUT2D eigenvalue weighted by molar-refractivity contribution is -0.388. The zero-order chi connectivity index (χ0) is 15.4. The van der Waals surface area contributed by atoms with Gasteiger partial charge in [-0.3, -0.25) is 10.1 Å². The molecule has 0 aliphatic heterocycles. The Morgan fingerprint density at radius 1 is 1.29 bits per heavy atom. The third-order valence-electron chi connectivity index (χ3n) is 2.54. The van der Waals surface area contributed by atoms with Crippen LogP contribution in [0.25, 0.3) is 0 Å². The van der Waals surface area contributed by atoms with Crippen LogP contribution >= 0.6 is 11.8 Å². The smallest absolute Gasteiger partial charge is 0.335 e. The molecule has 21 heavy (non-hydrogen) atoms. The molecule has 1 heterocycles. The van der Waals surface area contributed by atoms with Crippen molar-refractivity contribution >= 4 is 23.4 Å². The highest BCUT2D eigenvalue weighted by atomic mass is 32.2. The van der Waals surface area contributed by atoms with Gasteiger partial charge >= 0.3 is 11.7 Å². The van der Waals surface area contributed by atoms with Crippen molar-refractivity contribution in [2.45, 2.75) is 9.92 Å². The maximum Gasteiger partial charge on any atom is 0.335 e. The third kappa shape index (κ3) is 3.48. The maximum absolute atomic E-state index is 11.0. The van der Waals surface area contributed by atoms with Crippen molar-refractivity contribution in [3.05, 3.63) is 52.1 Å². The molecule has 0 aliphatic carbocycles. The van der Waals surface area contributed by atoms with Crippen molar-refractivity contribution in [2.24, 2.45) is 0 Å². The predicted octanol–water partition coefficient (Wildman–Crippen LogP) is 2.85. The fraction of sp³-hybridized carbons (Fsp3) is 0.0769. The average molecular weight is 306 g/mol. The van der Waals surface area contributed by atoms with Crippen LogP contribution in [0.5, 0.6) is 5.88 Å². The van der Waals surface area contributed by atoms with Crippen LogP contribution in [0, 0.1) is 10.1 Å². The topological polar surface area (TPSA) is 103 Å². The Hall–Kier alpha value is -2.61. The van der Waals surface area contributed by atoms with Crippen molar-refractivity contribution in [1.82, 2.24) is 4.98 Å². The highest BCUT2D eigenvalue weighted by Crippen LogP contribution is 2.34. The summed E-state index contributed by atoms with van der Waals surface area (Å²) < 4.78 is 4.95. The molecule has 0 atom stereocenters. The molecule has 1 aromatic heterocycles. The van der Waals surface area contributed by atoms with Crippen molar-refractivity contribution in [3.63, 3.8) is 0 Å². The second-order valence-electron chi connectivity index (χ2n) is 3.87. The van der Waals surface area contributed by atoms with Gasteiger partial charge in [-0.05, 0) is 24.3 Å². The van der Waals surface area contributed by atoms with Crippen LogP contribution in [0.15, 0.2) is 46.3 Å². The molecule has 0 saturated carbocycles. The molecule has 0 aliphatic rings. The summed E-state index contributed by atoms with van der Waals surface area (Å²) in [4.78, 5) is 25.9. The number of rotatable bonds is 5. The quantitative estimate of drug-likeness (QED) is 0.669. The summed E-state index contributed by atoms with van der Waals surface area (Å²) >= 11 is 1.07. The molecular weight excluding hydrogens is 296 g/mol. The highest BCUT2D eigenvalue weighted by molar-refractivity contribution is 7.99. The van der Waals surface area contributed by atoms with E-state index in [-0.39, 0.29) is 22.2 Å². The molecule has 1 aromatic carbocycles. The van der Waals surface area contributed by atoms with Gasteiger partial charge in [0.2, 0.25) is 5.88 Å². The zero-order valence-electron chi connectivity index (χ0n) is 10.8. The third-order valence-corrected chi connectivity index (χ3v) is 3.54. The number of nitro groups is 1. The summed E-state index contributed by atoms with van der Waals surface area (Å²) in [6.45, 7) is 0. The molecule has 1 N–H and O–H groups in total. The molecule has 0 unspecified atom stereocenters. The van der Waals surface area contributed by atoms with Gasteiger partial charge in [0.1, 0.15) is 0 Å². The first-order valence-corrected chi connectivity index (χ1v) is 6.53. The molecule has 108 valence electrons. The molecule has 0 amide bonds. The first-order valence-electron chi connectivity index (χ1n) is 5.72. The first-order chi connectivity index (χ1) is 10.0. The molecule has 2 aromatic rings. The Kier molecular flexibility index (Phi) is 4.39. The highest BCUT2D eigenvalue weighted by Gasteiger charge is 2.17. The Balaban J connectivity index is 2.33. The second kappa shape index (κ2) is 6.23. The summed E-state index contributed by atoms with van der Waals surface area (Å²) in [5, 5.41) is 20.0. The van der Waals surface area contributed by atoms with Gasteiger partial charge in [-0.1, -0.05) is 11.8 Å². The zero-order valence-corrected chi connectivity index (χ0v) is 11.7. The molecule has 2 rings (SSSR count). The number of pyridine rings is 1. The SMILES string of the molecule is COc1ccc([N+](=O)[O-])c(Sc2ccc(C(=O)O)cc2)n1. The van der Waals surface area contributed by atoms with E-state index in [0.717, 1.165) is 11.8 Å². The number of aromatic nitrogens is 1. The number of nitrogens with zero attached hydrogens (tertiary/aromatic N) is 2. The number of ether oxygens (including phenoxy) is 1. The molecular formula is C13H10N2O5S. The van der Waals surface area contributed by atoms with E-state index in [0.29, 0.717) is 4.90 Å². The Bertz CT molecular complexity index is 687. The summed E-state index contributed by atoms with van der Waals surface area (Å²) in [6, 6.07) is 8.72. The van der Waals surface area contributed by atoms with Gasteiger partial charge in [0.15, 0.2) is 5.03 Å². The van der Waals surface area contributed by atoms with Gasteiger partial charge in [-0.2, -0.15) is 4.98 Å². The van der Waals surface area contributed by atoms with Crippen molar-refractivity contribution in [2.75, 3.05) is 7.11 Å². The Morgan fingerprint density at radius 2 is 1.95 bits per heavy atom.